The van der Waals surface area contributed by atoms with Crippen LogP contribution in [0.2, 0.25) is 0 Å². The van der Waals surface area contributed by atoms with E-state index in [9.17, 15) is 14.4 Å². The topological polar surface area (TPSA) is 94.8 Å². The molecule has 3 aromatic rings. The lowest BCUT2D eigenvalue weighted by Gasteiger charge is -2.08. The van der Waals surface area contributed by atoms with Crippen LogP contribution in [0.25, 0.3) is 11.0 Å². The summed E-state index contributed by atoms with van der Waals surface area (Å²) >= 11 is 0. The van der Waals surface area contributed by atoms with Crippen LogP contribution in [0.15, 0.2) is 57.7 Å². The predicted molar refractivity (Wildman–Crippen MR) is 117 cm³/mol. The Morgan fingerprint density at radius 1 is 1.06 bits per heavy atom. The highest BCUT2D eigenvalue weighted by Gasteiger charge is 2.14. The molecule has 0 saturated carbocycles. The van der Waals surface area contributed by atoms with Crippen molar-refractivity contribution in [2.45, 2.75) is 33.1 Å². The number of fused-ring (bicyclic) bond motifs is 1. The molecule has 2 aromatic carbocycles. The second-order valence-corrected chi connectivity index (χ2v) is 7.15. The average Bonchev–Trinajstić information content (AvgIpc) is 2.74. The van der Waals surface area contributed by atoms with Crippen molar-refractivity contribution in [1.82, 2.24) is 5.32 Å². The fraction of sp³-hybridized carbons (Fsp3) is 0.292. The Kier molecular flexibility index (Phi) is 7.43. The summed E-state index contributed by atoms with van der Waals surface area (Å²) in [6.07, 6.45) is 1.45. The molecule has 7 nitrogen and oxygen atoms in total. The summed E-state index contributed by atoms with van der Waals surface area (Å²) in [5, 5.41) is 3.21. The maximum atomic E-state index is 12.1. The molecular weight excluding hydrogens is 398 g/mol. The lowest BCUT2D eigenvalue weighted by molar-refractivity contribution is -0.134. The Hall–Kier alpha value is -3.61. The van der Waals surface area contributed by atoms with Gasteiger partial charge in [-0.05, 0) is 55.7 Å². The molecule has 0 aliphatic rings. The Morgan fingerprint density at radius 2 is 1.90 bits per heavy atom. The third-order valence-corrected chi connectivity index (χ3v) is 4.50. The number of esters is 1. The minimum Gasteiger partial charge on any atom is -0.494 e. The molecule has 0 aliphatic heterocycles. The number of hydrogen-bond acceptors (Lipinski definition) is 6. The summed E-state index contributed by atoms with van der Waals surface area (Å²) in [5.41, 5.74) is 0.552. The summed E-state index contributed by atoms with van der Waals surface area (Å²) in [6.45, 7) is 4.77. The van der Waals surface area contributed by atoms with E-state index in [1.807, 2.05) is 38.1 Å². The molecule has 1 amide bonds. The molecule has 1 N–H and O–H groups in total. The summed E-state index contributed by atoms with van der Waals surface area (Å²) in [6, 6.07) is 13.9. The Labute approximate surface area is 180 Å². The van der Waals surface area contributed by atoms with E-state index in [0.717, 1.165) is 17.7 Å². The molecule has 0 radical (unpaired) electrons. The Bertz CT molecular complexity index is 1130. The first kappa shape index (κ1) is 22.1. The summed E-state index contributed by atoms with van der Waals surface area (Å²) < 4.78 is 16.2. The molecule has 0 aliphatic carbocycles. The molecule has 0 unspecified atom stereocenters. The van der Waals surface area contributed by atoms with Crippen LogP contribution in [0.1, 0.15) is 42.1 Å². The maximum absolute atomic E-state index is 12.1. The number of benzene rings is 2. The van der Waals surface area contributed by atoms with Crippen LogP contribution in [0.3, 0.4) is 0 Å². The molecule has 0 spiro atoms. The van der Waals surface area contributed by atoms with Gasteiger partial charge in [0.25, 0.3) is 5.91 Å². The van der Waals surface area contributed by atoms with Crippen molar-refractivity contribution >= 4 is 22.8 Å². The minimum absolute atomic E-state index is 0.0562. The fourth-order valence-electron chi connectivity index (χ4n) is 2.94. The number of carbonyl (C=O) groups excluding carboxylic acids is 2. The molecular formula is C24H25NO6. The molecule has 1 heterocycles. The van der Waals surface area contributed by atoms with Gasteiger partial charge in [-0.3, -0.25) is 9.59 Å². The second kappa shape index (κ2) is 10.4. The number of carbonyl (C=O) groups is 2. The summed E-state index contributed by atoms with van der Waals surface area (Å²) in [7, 11) is 0. The quantitative estimate of drug-likeness (QED) is 0.242. The van der Waals surface area contributed by atoms with Crippen molar-refractivity contribution in [2.75, 3.05) is 13.2 Å². The van der Waals surface area contributed by atoms with Crippen molar-refractivity contribution in [3.8, 4) is 11.5 Å². The molecule has 31 heavy (non-hydrogen) atoms. The number of ether oxygens (including phenoxy) is 2. The van der Waals surface area contributed by atoms with Gasteiger partial charge in [-0.2, -0.15) is 0 Å². The molecule has 3 rings (SSSR count). The van der Waals surface area contributed by atoms with E-state index in [4.69, 9.17) is 13.9 Å². The molecule has 7 heteroatoms. The molecule has 1 aromatic heterocycles. The smallest absolute Gasteiger partial charge is 0.349 e. The lowest BCUT2D eigenvalue weighted by atomic mass is 10.1. The molecule has 0 saturated heterocycles. The van der Waals surface area contributed by atoms with E-state index in [1.54, 1.807) is 12.1 Å². The van der Waals surface area contributed by atoms with Gasteiger partial charge in [-0.15, -0.1) is 0 Å². The van der Waals surface area contributed by atoms with E-state index in [-0.39, 0.29) is 23.3 Å². The van der Waals surface area contributed by atoms with E-state index < -0.39 is 17.5 Å². The highest BCUT2D eigenvalue weighted by Crippen LogP contribution is 2.21. The molecule has 0 bridgehead atoms. The van der Waals surface area contributed by atoms with Crippen LogP contribution < -0.4 is 20.4 Å². The van der Waals surface area contributed by atoms with Gasteiger partial charge in [0, 0.05) is 24.4 Å². The van der Waals surface area contributed by atoms with Gasteiger partial charge in [0.1, 0.15) is 22.6 Å². The highest BCUT2D eigenvalue weighted by atomic mass is 16.5. The average molecular weight is 423 g/mol. The standard InChI is InChI=1S/C24H25NO6/c1-3-11-25-23(27)20-14-17-9-10-19(15-21(17)31-24(20)28)30-22(26)8-5-12-29-18-7-4-6-16(2)13-18/h4,6-7,9-10,13-15H,3,5,8,11-12H2,1-2H3,(H,25,27). The monoisotopic (exact) mass is 423 g/mol. The van der Waals surface area contributed by atoms with Gasteiger partial charge in [-0.1, -0.05) is 19.1 Å². The predicted octanol–water partition coefficient (Wildman–Crippen LogP) is 4.01. The number of amides is 1. The highest BCUT2D eigenvalue weighted by molar-refractivity contribution is 5.96. The third-order valence-electron chi connectivity index (χ3n) is 4.50. The van der Waals surface area contributed by atoms with E-state index in [2.05, 4.69) is 5.32 Å². The second-order valence-electron chi connectivity index (χ2n) is 7.15. The molecule has 162 valence electrons. The van der Waals surface area contributed by atoms with Gasteiger partial charge in [0.15, 0.2) is 0 Å². The van der Waals surface area contributed by atoms with E-state index in [0.29, 0.717) is 25.0 Å². The van der Waals surface area contributed by atoms with Crippen LogP contribution in [0.5, 0.6) is 11.5 Å². The normalized spacial score (nSPS) is 10.6. The first-order valence-corrected chi connectivity index (χ1v) is 10.2. The van der Waals surface area contributed by atoms with Gasteiger partial charge in [0.05, 0.1) is 6.61 Å². The van der Waals surface area contributed by atoms with Crippen molar-refractivity contribution in [1.29, 1.82) is 0 Å². The van der Waals surface area contributed by atoms with Crippen LogP contribution >= 0.6 is 0 Å². The lowest BCUT2D eigenvalue weighted by Crippen LogP contribution is -2.28. The zero-order valence-corrected chi connectivity index (χ0v) is 17.6. The molecule has 0 atom stereocenters. The maximum Gasteiger partial charge on any atom is 0.349 e. The number of nitrogens with one attached hydrogen (secondary N) is 1. The largest absolute Gasteiger partial charge is 0.494 e. The number of hydrogen-bond donors (Lipinski definition) is 1. The van der Waals surface area contributed by atoms with Gasteiger partial charge >= 0.3 is 11.6 Å². The Balaban J connectivity index is 1.56. The van der Waals surface area contributed by atoms with Crippen molar-refractivity contribution < 1.29 is 23.5 Å². The van der Waals surface area contributed by atoms with Gasteiger partial charge < -0.3 is 19.2 Å². The SMILES string of the molecule is CCCNC(=O)c1cc2ccc(OC(=O)CCCOc3cccc(C)c3)cc2oc1=O. The molecule has 0 fully saturated rings. The Morgan fingerprint density at radius 3 is 2.68 bits per heavy atom. The van der Waals surface area contributed by atoms with Crippen LogP contribution in [-0.4, -0.2) is 25.0 Å². The minimum atomic E-state index is -0.738. The summed E-state index contributed by atoms with van der Waals surface area (Å²) in [5.74, 6) is 0.148. The fourth-order valence-corrected chi connectivity index (χ4v) is 2.94. The van der Waals surface area contributed by atoms with Crippen LogP contribution in [0, 0.1) is 6.92 Å². The summed E-state index contributed by atoms with van der Waals surface area (Å²) in [4.78, 5) is 36.3. The number of aryl methyl sites for hydroxylation is 1. The van der Waals surface area contributed by atoms with Crippen LogP contribution in [0.4, 0.5) is 0 Å². The first-order chi connectivity index (χ1) is 15.0. The zero-order valence-electron chi connectivity index (χ0n) is 17.6. The van der Waals surface area contributed by atoms with E-state index in [1.165, 1.54) is 12.1 Å². The third kappa shape index (κ3) is 6.18. The first-order valence-electron chi connectivity index (χ1n) is 10.2. The van der Waals surface area contributed by atoms with Crippen molar-refractivity contribution in [3.05, 3.63) is 70.1 Å². The van der Waals surface area contributed by atoms with Crippen LogP contribution in [-0.2, 0) is 4.79 Å². The number of rotatable bonds is 9. The van der Waals surface area contributed by atoms with Gasteiger partial charge in [0.2, 0.25) is 0 Å². The van der Waals surface area contributed by atoms with E-state index >= 15 is 0 Å². The van der Waals surface area contributed by atoms with Gasteiger partial charge in [-0.25, -0.2) is 4.79 Å². The zero-order chi connectivity index (χ0) is 22.2. The van der Waals surface area contributed by atoms with Crippen molar-refractivity contribution in [3.63, 3.8) is 0 Å². The van der Waals surface area contributed by atoms with Crippen molar-refractivity contribution in [2.24, 2.45) is 0 Å².